The smallest absolute Gasteiger partial charge is 0.261 e. The van der Waals surface area contributed by atoms with Gasteiger partial charge in [-0.2, -0.15) is 5.26 Å². The molecule has 0 radical (unpaired) electrons. The molecule has 6 heteroatoms. The van der Waals surface area contributed by atoms with Crippen molar-refractivity contribution >= 4 is 21.4 Å². The van der Waals surface area contributed by atoms with Crippen molar-refractivity contribution in [3.05, 3.63) is 53.6 Å². The van der Waals surface area contributed by atoms with E-state index in [9.17, 15) is 8.42 Å². The summed E-state index contributed by atoms with van der Waals surface area (Å²) in [4.78, 5) is 0.144. The molecule has 0 amide bonds. The van der Waals surface area contributed by atoms with Crippen LogP contribution in [0.1, 0.15) is 11.1 Å². The van der Waals surface area contributed by atoms with Crippen LogP contribution in [0.5, 0.6) is 0 Å². The molecule has 0 heterocycles. The Hall–Kier alpha value is -2.52. The molecule has 108 valence electrons. The van der Waals surface area contributed by atoms with Gasteiger partial charge in [0.2, 0.25) is 0 Å². The van der Waals surface area contributed by atoms with Crippen molar-refractivity contribution in [2.24, 2.45) is 0 Å². The Balaban J connectivity index is 2.30. The van der Waals surface area contributed by atoms with E-state index in [1.807, 2.05) is 6.07 Å². The largest absolute Gasteiger partial charge is 0.398 e. The molecule has 0 atom stereocenters. The van der Waals surface area contributed by atoms with Crippen LogP contribution >= 0.6 is 0 Å². The van der Waals surface area contributed by atoms with Crippen LogP contribution in [0.4, 0.5) is 11.4 Å². The fraction of sp³-hybridized carbons (Fsp3) is 0.133. The number of nitrogens with zero attached hydrogens (tertiary/aromatic N) is 1. The second kappa shape index (κ2) is 5.85. The van der Waals surface area contributed by atoms with Gasteiger partial charge in [0.25, 0.3) is 10.0 Å². The number of nitrogens with two attached hydrogens (primary N) is 1. The van der Waals surface area contributed by atoms with Gasteiger partial charge in [0.05, 0.1) is 23.1 Å². The van der Waals surface area contributed by atoms with Crippen molar-refractivity contribution < 1.29 is 8.42 Å². The minimum Gasteiger partial charge on any atom is -0.398 e. The van der Waals surface area contributed by atoms with Crippen LogP contribution < -0.4 is 10.5 Å². The maximum absolute atomic E-state index is 12.3. The molecule has 0 spiro atoms. The summed E-state index contributed by atoms with van der Waals surface area (Å²) in [6.07, 6.45) is 0.252. The van der Waals surface area contributed by atoms with Crippen LogP contribution in [0.3, 0.4) is 0 Å². The van der Waals surface area contributed by atoms with Gasteiger partial charge in [-0.3, -0.25) is 4.72 Å². The first-order valence-electron chi connectivity index (χ1n) is 6.28. The zero-order chi connectivity index (χ0) is 15.5. The molecule has 2 rings (SSSR count). The Kier molecular flexibility index (Phi) is 4.15. The first kappa shape index (κ1) is 14.9. The highest BCUT2D eigenvalue weighted by molar-refractivity contribution is 7.92. The number of sulfonamides is 1. The minimum absolute atomic E-state index is 0.144. The monoisotopic (exact) mass is 301 g/mol. The molecule has 0 aliphatic carbocycles. The number of nitrogens with one attached hydrogen (secondary N) is 1. The standard InChI is InChI=1S/C15H15N3O2S/c1-11-14(17)3-2-4-15(11)18-21(19,20)13-7-5-12(6-8-13)9-10-16/h2-8,18H,9,17H2,1H3. The lowest BCUT2D eigenvalue weighted by atomic mass is 10.2. The van der Waals surface area contributed by atoms with E-state index >= 15 is 0 Å². The molecule has 5 nitrogen and oxygen atoms in total. The van der Waals surface area contributed by atoms with Gasteiger partial charge in [-0.15, -0.1) is 0 Å². The summed E-state index contributed by atoms with van der Waals surface area (Å²) in [6, 6.07) is 13.3. The van der Waals surface area contributed by atoms with Crippen LogP contribution in [0.2, 0.25) is 0 Å². The maximum atomic E-state index is 12.3. The van der Waals surface area contributed by atoms with Crippen LogP contribution in [0, 0.1) is 18.3 Å². The predicted octanol–water partition coefficient (Wildman–Crippen LogP) is 2.44. The third kappa shape index (κ3) is 3.33. The summed E-state index contributed by atoms with van der Waals surface area (Å²) in [5, 5.41) is 8.61. The number of hydrogen-bond donors (Lipinski definition) is 2. The van der Waals surface area contributed by atoms with E-state index in [1.165, 1.54) is 12.1 Å². The van der Waals surface area contributed by atoms with E-state index < -0.39 is 10.0 Å². The normalized spacial score (nSPS) is 10.9. The second-order valence-corrected chi connectivity index (χ2v) is 6.29. The van der Waals surface area contributed by atoms with E-state index in [1.54, 1.807) is 37.3 Å². The average molecular weight is 301 g/mol. The van der Waals surface area contributed by atoms with Gasteiger partial charge in [-0.1, -0.05) is 18.2 Å². The molecule has 0 aromatic heterocycles. The summed E-state index contributed by atoms with van der Waals surface area (Å²) >= 11 is 0. The lowest BCUT2D eigenvalue weighted by molar-refractivity contribution is 0.601. The van der Waals surface area contributed by atoms with Gasteiger partial charge in [0.1, 0.15) is 0 Å². The molecule has 0 unspecified atom stereocenters. The third-order valence-corrected chi connectivity index (χ3v) is 4.52. The lowest BCUT2D eigenvalue weighted by Gasteiger charge is -2.12. The Morgan fingerprint density at radius 3 is 2.48 bits per heavy atom. The molecule has 0 aliphatic heterocycles. The summed E-state index contributed by atoms with van der Waals surface area (Å²) in [5.41, 5.74) is 8.21. The summed E-state index contributed by atoms with van der Waals surface area (Å²) in [6.45, 7) is 1.75. The molecular formula is C15H15N3O2S. The van der Waals surface area contributed by atoms with E-state index in [2.05, 4.69) is 4.72 Å². The van der Waals surface area contributed by atoms with Crippen LogP contribution in [0.25, 0.3) is 0 Å². The number of hydrogen-bond acceptors (Lipinski definition) is 4. The topological polar surface area (TPSA) is 96.0 Å². The summed E-state index contributed by atoms with van der Waals surface area (Å²) < 4.78 is 27.2. The molecule has 0 saturated carbocycles. The van der Waals surface area contributed by atoms with E-state index in [0.29, 0.717) is 16.9 Å². The SMILES string of the molecule is Cc1c(N)cccc1NS(=O)(=O)c1ccc(CC#N)cc1. The number of nitriles is 1. The highest BCUT2D eigenvalue weighted by atomic mass is 32.2. The van der Waals surface area contributed by atoms with Gasteiger partial charge in [0.15, 0.2) is 0 Å². The molecule has 2 aromatic carbocycles. The van der Waals surface area contributed by atoms with E-state index in [4.69, 9.17) is 11.0 Å². The van der Waals surface area contributed by atoms with Crippen LogP contribution in [0.15, 0.2) is 47.4 Å². The van der Waals surface area contributed by atoms with E-state index in [0.717, 1.165) is 5.56 Å². The Morgan fingerprint density at radius 2 is 1.86 bits per heavy atom. The number of rotatable bonds is 4. The Labute approximate surface area is 124 Å². The van der Waals surface area contributed by atoms with Gasteiger partial charge in [-0.05, 0) is 42.3 Å². The van der Waals surface area contributed by atoms with Crippen molar-refractivity contribution in [2.75, 3.05) is 10.5 Å². The molecule has 0 fully saturated rings. The highest BCUT2D eigenvalue weighted by Gasteiger charge is 2.15. The van der Waals surface area contributed by atoms with Crippen LogP contribution in [-0.4, -0.2) is 8.42 Å². The fourth-order valence-corrected chi connectivity index (χ4v) is 2.97. The predicted molar refractivity (Wildman–Crippen MR) is 82.2 cm³/mol. The highest BCUT2D eigenvalue weighted by Crippen LogP contribution is 2.23. The van der Waals surface area contributed by atoms with Gasteiger partial charge < -0.3 is 5.73 Å². The second-order valence-electron chi connectivity index (χ2n) is 4.60. The maximum Gasteiger partial charge on any atom is 0.261 e. The van der Waals surface area contributed by atoms with Gasteiger partial charge >= 0.3 is 0 Å². The first-order valence-corrected chi connectivity index (χ1v) is 7.76. The molecule has 21 heavy (non-hydrogen) atoms. The molecule has 0 aliphatic rings. The lowest BCUT2D eigenvalue weighted by Crippen LogP contribution is -2.14. The Morgan fingerprint density at radius 1 is 1.19 bits per heavy atom. The molecule has 0 saturated heterocycles. The van der Waals surface area contributed by atoms with Crippen molar-refractivity contribution in [1.82, 2.24) is 0 Å². The van der Waals surface area contributed by atoms with Crippen molar-refractivity contribution in [3.8, 4) is 6.07 Å². The van der Waals surface area contributed by atoms with Crippen molar-refractivity contribution in [1.29, 1.82) is 5.26 Å². The third-order valence-electron chi connectivity index (χ3n) is 3.14. The quantitative estimate of drug-likeness (QED) is 0.848. The zero-order valence-corrected chi connectivity index (χ0v) is 12.3. The molecule has 3 N–H and O–H groups in total. The summed E-state index contributed by atoms with van der Waals surface area (Å²) in [7, 11) is -3.67. The van der Waals surface area contributed by atoms with Gasteiger partial charge in [0, 0.05) is 5.69 Å². The molecule has 2 aromatic rings. The molecule has 0 bridgehead atoms. The summed E-state index contributed by atoms with van der Waals surface area (Å²) in [5.74, 6) is 0. The molecular weight excluding hydrogens is 286 g/mol. The average Bonchev–Trinajstić information content (AvgIpc) is 2.45. The Bertz CT molecular complexity index is 791. The first-order chi connectivity index (χ1) is 9.94. The van der Waals surface area contributed by atoms with Crippen LogP contribution in [-0.2, 0) is 16.4 Å². The minimum atomic E-state index is -3.67. The number of benzene rings is 2. The fourth-order valence-electron chi connectivity index (χ4n) is 1.85. The van der Waals surface area contributed by atoms with Crippen molar-refractivity contribution in [3.63, 3.8) is 0 Å². The number of anilines is 2. The van der Waals surface area contributed by atoms with Gasteiger partial charge in [-0.25, -0.2) is 8.42 Å². The van der Waals surface area contributed by atoms with E-state index in [-0.39, 0.29) is 11.3 Å². The van der Waals surface area contributed by atoms with Crippen molar-refractivity contribution in [2.45, 2.75) is 18.2 Å². The number of nitrogen functional groups attached to an aromatic ring is 1. The zero-order valence-electron chi connectivity index (χ0n) is 11.5.